The van der Waals surface area contributed by atoms with E-state index in [1.165, 1.54) is 12.1 Å². The van der Waals surface area contributed by atoms with Gasteiger partial charge in [0.2, 0.25) is 0 Å². The predicted octanol–water partition coefficient (Wildman–Crippen LogP) is 3.53. The molecule has 0 bridgehead atoms. The molecular formula is C18H20F3N3O. The lowest BCUT2D eigenvalue weighted by Gasteiger charge is -2.31. The number of rotatable bonds is 4. The van der Waals surface area contributed by atoms with E-state index < -0.39 is 11.7 Å². The van der Waals surface area contributed by atoms with Gasteiger partial charge in [0.15, 0.2) is 5.78 Å². The summed E-state index contributed by atoms with van der Waals surface area (Å²) in [5, 5.41) is 4.13. The number of likely N-dealkylation sites (tertiary alicyclic amines) is 1. The molecule has 1 fully saturated rings. The van der Waals surface area contributed by atoms with Gasteiger partial charge in [-0.3, -0.25) is 14.4 Å². The van der Waals surface area contributed by atoms with Gasteiger partial charge in [0, 0.05) is 43.4 Å². The third kappa shape index (κ3) is 4.28. The van der Waals surface area contributed by atoms with Crippen molar-refractivity contribution in [2.75, 3.05) is 13.1 Å². The number of carbonyl (C=O) groups excluding carboxylic acids is 1. The molecule has 1 unspecified atom stereocenters. The maximum atomic E-state index is 12.9. The smallest absolute Gasteiger partial charge is 0.298 e. The summed E-state index contributed by atoms with van der Waals surface area (Å²) in [5.41, 5.74) is 0.430. The first-order valence-corrected chi connectivity index (χ1v) is 8.24. The number of aryl methyl sites for hydroxylation is 1. The number of hydrogen-bond donors (Lipinski definition) is 0. The molecule has 0 N–H and O–H groups in total. The molecule has 2 heterocycles. The molecule has 134 valence electrons. The van der Waals surface area contributed by atoms with Crippen LogP contribution in [0.3, 0.4) is 0 Å². The van der Waals surface area contributed by atoms with E-state index in [1.54, 1.807) is 10.9 Å². The highest BCUT2D eigenvalue weighted by molar-refractivity contribution is 5.98. The number of ketones is 1. The van der Waals surface area contributed by atoms with Crippen LogP contribution in [0.4, 0.5) is 13.2 Å². The fourth-order valence-corrected chi connectivity index (χ4v) is 3.31. The molecule has 1 aromatic heterocycles. The minimum absolute atomic E-state index is 0.142. The molecule has 3 rings (SSSR count). The topological polar surface area (TPSA) is 38.1 Å². The molecule has 0 amide bonds. The average Bonchev–Trinajstić information content (AvgIpc) is 2.98. The number of nitrogens with zero attached hydrogens (tertiary/aromatic N) is 3. The van der Waals surface area contributed by atoms with Gasteiger partial charge in [-0.05, 0) is 31.5 Å². The van der Waals surface area contributed by atoms with Gasteiger partial charge in [0.1, 0.15) is 0 Å². The van der Waals surface area contributed by atoms with Crippen molar-refractivity contribution < 1.29 is 18.0 Å². The monoisotopic (exact) mass is 351 g/mol. The minimum atomic E-state index is -4.44. The van der Waals surface area contributed by atoms with E-state index in [9.17, 15) is 18.0 Å². The van der Waals surface area contributed by atoms with Crippen molar-refractivity contribution in [1.29, 1.82) is 0 Å². The molecule has 0 spiro atoms. The average molecular weight is 351 g/mol. The van der Waals surface area contributed by atoms with E-state index in [0.717, 1.165) is 30.7 Å². The normalized spacial score (nSPS) is 19.1. The van der Waals surface area contributed by atoms with Crippen LogP contribution in [0, 0.1) is 5.92 Å². The maximum Gasteiger partial charge on any atom is 0.416 e. The van der Waals surface area contributed by atoms with Crippen molar-refractivity contribution in [2.24, 2.45) is 13.0 Å². The van der Waals surface area contributed by atoms with Crippen molar-refractivity contribution in [3.63, 3.8) is 0 Å². The highest BCUT2D eigenvalue weighted by Crippen LogP contribution is 2.30. The second-order valence-electron chi connectivity index (χ2n) is 6.54. The summed E-state index contributed by atoms with van der Waals surface area (Å²) in [4.78, 5) is 14.8. The number of carbonyl (C=O) groups is 1. The van der Waals surface area contributed by atoms with Gasteiger partial charge in [-0.25, -0.2) is 0 Å². The fourth-order valence-electron chi connectivity index (χ4n) is 3.31. The van der Waals surface area contributed by atoms with Crippen LogP contribution in [0.2, 0.25) is 0 Å². The second-order valence-corrected chi connectivity index (χ2v) is 6.54. The lowest BCUT2D eigenvalue weighted by atomic mass is 9.89. The number of aromatic nitrogens is 2. The summed E-state index contributed by atoms with van der Waals surface area (Å²) in [6.07, 6.45) is 0.847. The number of benzene rings is 1. The van der Waals surface area contributed by atoms with Crippen molar-refractivity contribution in [3.8, 4) is 0 Å². The van der Waals surface area contributed by atoms with Crippen molar-refractivity contribution in [1.82, 2.24) is 14.7 Å². The van der Waals surface area contributed by atoms with Gasteiger partial charge in [-0.1, -0.05) is 12.1 Å². The van der Waals surface area contributed by atoms with Crippen LogP contribution in [-0.4, -0.2) is 33.6 Å². The predicted molar refractivity (Wildman–Crippen MR) is 87.0 cm³/mol. The highest BCUT2D eigenvalue weighted by atomic mass is 19.4. The van der Waals surface area contributed by atoms with E-state index in [2.05, 4.69) is 10.00 Å². The molecular weight excluding hydrogens is 331 g/mol. The molecule has 0 radical (unpaired) electrons. The Bertz CT molecular complexity index is 754. The van der Waals surface area contributed by atoms with Gasteiger partial charge < -0.3 is 0 Å². The van der Waals surface area contributed by atoms with Crippen molar-refractivity contribution in [2.45, 2.75) is 25.6 Å². The van der Waals surface area contributed by atoms with Gasteiger partial charge >= 0.3 is 6.18 Å². The van der Waals surface area contributed by atoms with Crippen LogP contribution >= 0.6 is 0 Å². The molecule has 1 atom stereocenters. The van der Waals surface area contributed by atoms with Gasteiger partial charge in [0.05, 0.1) is 11.8 Å². The summed E-state index contributed by atoms with van der Waals surface area (Å²) in [6, 6.07) is 4.72. The Morgan fingerprint density at radius 2 is 2.16 bits per heavy atom. The SMILES string of the molecule is Cn1cc(CN2CCCC(C(=O)c3cccc(C(F)(F)F)c3)C2)cn1. The number of Topliss-reactive ketones (excluding diaryl/α,β-unsaturated/α-hetero) is 1. The summed E-state index contributed by atoms with van der Waals surface area (Å²) in [7, 11) is 1.85. The fraction of sp³-hybridized carbons (Fsp3) is 0.444. The number of alkyl halides is 3. The van der Waals surface area contributed by atoms with E-state index in [-0.39, 0.29) is 17.3 Å². The second kappa shape index (κ2) is 7.00. The van der Waals surface area contributed by atoms with Crippen molar-refractivity contribution >= 4 is 5.78 Å². The Hall–Kier alpha value is -2.15. The Morgan fingerprint density at radius 3 is 2.84 bits per heavy atom. The molecule has 1 saturated heterocycles. The Kier molecular flexibility index (Phi) is 4.94. The molecule has 25 heavy (non-hydrogen) atoms. The molecule has 1 aliphatic heterocycles. The Labute approximate surface area is 144 Å². The van der Waals surface area contributed by atoms with Crippen LogP contribution in [0.5, 0.6) is 0 Å². The van der Waals surface area contributed by atoms with Gasteiger partial charge in [0.25, 0.3) is 0 Å². The molecule has 0 aliphatic carbocycles. The van der Waals surface area contributed by atoms with Gasteiger partial charge in [-0.15, -0.1) is 0 Å². The summed E-state index contributed by atoms with van der Waals surface area (Å²) < 4.78 is 40.3. The molecule has 4 nitrogen and oxygen atoms in total. The quantitative estimate of drug-likeness (QED) is 0.791. The highest BCUT2D eigenvalue weighted by Gasteiger charge is 2.32. The van der Waals surface area contributed by atoms with Crippen LogP contribution in [-0.2, 0) is 19.8 Å². The molecule has 1 aromatic carbocycles. The van der Waals surface area contributed by atoms with Crippen LogP contribution in [0.1, 0.15) is 34.3 Å². The molecule has 0 saturated carbocycles. The standard InChI is InChI=1S/C18H20F3N3O/c1-23-10-13(9-22-23)11-24-7-3-5-15(12-24)17(25)14-4-2-6-16(8-14)18(19,20)21/h2,4,6,8-10,15H,3,5,7,11-12H2,1H3. The zero-order valence-corrected chi connectivity index (χ0v) is 14.0. The number of piperidine rings is 1. The van der Waals surface area contributed by atoms with Crippen LogP contribution < -0.4 is 0 Å². The van der Waals surface area contributed by atoms with Gasteiger partial charge in [-0.2, -0.15) is 18.3 Å². The molecule has 1 aliphatic rings. The maximum absolute atomic E-state index is 12.9. The zero-order chi connectivity index (χ0) is 18.0. The summed E-state index contributed by atoms with van der Waals surface area (Å²) >= 11 is 0. The van der Waals surface area contributed by atoms with E-state index >= 15 is 0 Å². The molecule has 2 aromatic rings. The largest absolute Gasteiger partial charge is 0.416 e. The van der Waals surface area contributed by atoms with E-state index in [4.69, 9.17) is 0 Å². The lowest BCUT2D eigenvalue weighted by Crippen LogP contribution is -2.38. The van der Waals surface area contributed by atoms with Crippen molar-refractivity contribution in [3.05, 3.63) is 53.3 Å². The minimum Gasteiger partial charge on any atom is -0.298 e. The summed E-state index contributed by atoms with van der Waals surface area (Å²) in [6.45, 7) is 2.13. The third-order valence-electron chi connectivity index (χ3n) is 4.52. The molecule has 7 heteroatoms. The lowest BCUT2D eigenvalue weighted by molar-refractivity contribution is -0.137. The van der Waals surface area contributed by atoms with Crippen LogP contribution in [0.15, 0.2) is 36.7 Å². The number of hydrogen-bond acceptors (Lipinski definition) is 3. The third-order valence-corrected chi connectivity index (χ3v) is 4.52. The zero-order valence-electron chi connectivity index (χ0n) is 14.0. The first-order valence-electron chi connectivity index (χ1n) is 8.24. The van der Waals surface area contributed by atoms with Crippen LogP contribution in [0.25, 0.3) is 0 Å². The summed E-state index contributed by atoms with van der Waals surface area (Å²) in [5.74, 6) is -0.476. The first kappa shape index (κ1) is 17.7. The van der Waals surface area contributed by atoms with E-state index in [0.29, 0.717) is 19.5 Å². The first-order chi connectivity index (χ1) is 11.8. The van der Waals surface area contributed by atoms with E-state index in [1.807, 2.05) is 13.2 Å². The Morgan fingerprint density at radius 1 is 1.36 bits per heavy atom. The Balaban J connectivity index is 1.69. The number of halogens is 3.